The van der Waals surface area contributed by atoms with E-state index in [1.165, 1.54) is 0 Å². The normalized spacial score (nSPS) is 10.5. The lowest BCUT2D eigenvalue weighted by atomic mass is 10.5. The SMILES string of the molecule is CCOCCNc1nccc(OC(C)C)n1. The van der Waals surface area contributed by atoms with Crippen LogP contribution in [0.5, 0.6) is 5.88 Å². The highest BCUT2D eigenvalue weighted by Gasteiger charge is 2.01. The van der Waals surface area contributed by atoms with Crippen molar-refractivity contribution in [2.75, 3.05) is 25.1 Å². The van der Waals surface area contributed by atoms with E-state index in [1.54, 1.807) is 12.3 Å². The van der Waals surface area contributed by atoms with Crippen LogP contribution in [0.25, 0.3) is 0 Å². The molecule has 5 nitrogen and oxygen atoms in total. The molecule has 1 rings (SSSR count). The third kappa shape index (κ3) is 4.93. The number of aromatic nitrogens is 2. The molecular formula is C11H19N3O2. The van der Waals surface area contributed by atoms with Crippen LogP contribution in [-0.2, 0) is 4.74 Å². The van der Waals surface area contributed by atoms with E-state index in [0.717, 1.165) is 6.61 Å². The van der Waals surface area contributed by atoms with Gasteiger partial charge in [0.1, 0.15) is 0 Å². The van der Waals surface area contributed by atoms with E-state index >= 15 is 0 Å². The van der Waals surface area contributed by atoms with Crippen LogP contribution in [0.2, 0.25) is 0 Å². The van der Waals surface area contributed by atoms with Crippen LogP contribution in [0.1, 0.15) is 20.8 Å². The van der Waals surface area contributed by atoms with Crippen molar-refractivity contribution >= 4 is 5.95 Å². The summed E-state index contributed by atoms with van der Waals surface area (Å²) in [6, 6.07) is 1.74. The highest BCUT2D eigenvalue weighted by Crippen LogP contribution is 2.09. The summed E-state index contributed by atoms with van der Waals surface area (Å²) in [6.07, 6.45) is 1.79. The van der Waals surface area contributed by atoms with Crippen LogP contribution in [-0.4, -0.2) is 35.8 Å². The first kappa shape index (κ1) is 12.7. The molecule has 0 fully saturated rings. The van der Waals surface area contributed by atoms with E-state index in [9.17, 15) is 0 Å². The molecule has 0 spiro atoms. The van der Waals surface area contributed by atoms with Gasteiger partial charge in [-0.3, -0.25) is 0 Å². The molecule has 1 aromatic heterocycles. The van der Waals surface area contributed by atoms with Gasteiger partial charge in [-0.25, -0.2) is 4.98 Å². The van der Waals surface area contributed by atoms with Gasteiger partial charge < -0.3 is 14.8 Å². The molecule has 90 valence electrons. The van der Waals surface area contributed by atoms with Gasteiger partial charge in [0.15, 0.2) is 0 Å². The summed E-state index contributed by atoms with van der Waals surface area (Å²) >= 11 is 0. The van der Waals surface area contributed by atoms with E-state index in [2.05, 4.69) is 15.3 Å². The van der Waals surface area contributed by atoms with Crippen LogP contribution in [0.4, 0.5) is 5.95 Å². The molecule has 0 radical (unpaired) electrons. The van der Waals surface area contributed by atoms with Gasteiger partial charge in [0.05, 0.1) is 12.7 Å². The number of nitrogens with one attached hydrogen (secondary N) is 1. The largest absolute Gasteiger partial charge is 0.475 e. The van der Waals surface area contributed by atoms with Crippen molar-refractivity contribution < 1.29 is 9.47 Å². The zero-order chi connectivity index (χ0) is 11.8. The Morgan fingerprint density at radius 3 is 2.94 bits per heavy atom. The van der Waals surface area contributed by atoms with Gasteiger partial charge in [-0.15, -0.1) is 0 Å². The van der Waals surface area contributed by atoms with Crippen molar-refractivity contribution in [2.24, 2.45) is 0 Å². The van der Waals surface area contributed by atoms with Crippen LogP contribution in [0.3, 0.4) is 0 Å². The highest BCUT2D eigenvalue weighted by atomic mass is 16.5. The summed E-state index contributed by atoms with van der Waals surface area (Å²) in [6.45, 7) is 7.95. The summed E-state index contributed by atoms with van der Waals surface area (Å²) < 4.78 is 10.7. The van der Waals surface area contributed by atoms with Gasteiger partial charge in [-0.2, -0.15) is 4.98 Å². The van der Waals surface area contributed by atoms with Crippen LogP contribution in [0.15, 0.2) is 12.3 Å². The minimum atomic E-state index is 0.117. The molecule has 0 aliphatic rings. The Bertz CT molecular complexity index is 305. The van der Waals surface area contributed by atoms with Crippen molar-refractivity contribution in [3.05, 3.63) is 12.3 Å². The first-order chi connectivity index (χ1) is 7.72. The van der Waals surface area contributed by atoms with E-state index in [-0.39, 0.29) is 6.10 Å². The number of ether oxygens (including phenoxy) is 2. The minimum absolute atomic E-state index is 0.117. The minimum Gasteiger partial charge on any atom is -0.475 e. The molecule has 0 saturated carbocycles. The smallest absolute Gasteiger partial charge is 0.226 e. The quantitative estimate of drug-likeness (QED) is 0.716. The second-order valence-corrected chi connectivity index (χ2v) is 3.51. The molecule has 1 N–H and O–H groups in total. The highest BCUT2D eigenvalue weighted by molar-refractivity contribution is 5.27. The first-order valence-corrected chi connectivity index (χ1v) is 5.53. The summed E-state index contributed by atoms with van der Waals surface area (Å²) in [5.41, 5.74) is 0. The Morgan fingerprint density at radius 1 is 1.44 bits per heavy atom. The van der Waals surface area contributed by atoms with Crippen molar-refractivity contribution in [1.29, 1.82) is 0 Å². The predicted octanol–water partition coefficient (Wildman–Crippen LogP) is 1.71. The monoisotopic (exact) mass is 225 g/mol. The zero-order valence-corrected chi connectivity index (χ0v) is 10.1. The fourth-order valence-electron chi connectivity index (χ4n) is 1.11. The Morgan fingerprint density at radius 2 is 2.25 bits per heavy atom. The third-order valence-corrected chi connectivity index (χ3v) is 1.72. The maximum atomic E-state index is 5.46. The molecule has 0 unspecified atom stereocenters. The van der Waals surface area contributed by atoms with E-state index in [4.69, 9.17) is 9.47 Å². The number of anilines is 1. The third-order valence-electron chi connectivity index (χ3n) is 1.72. The molecule has 0 aliphatic carbocycles. The molecule has 5 heteroatoms. The van der Waals surface area contributed by atoms with Gasteiger partial charge >= 0.3 is 0 Å². The number of hydrogen-bond donors (Lipinski definition) is 1. The summed E-state index contributed by atoms with van der Waals surface area (Å²) in [4.78, 5) is 8.30. The van der Waals surface area contributed by atoms with E-state index < -0.39 is 0 Å². The summed E-state index contributed by atoms with van der Waals surface area (Å²) in [5, 5.41) is 3.07. The Balaban J connectivity index is 2.41. The van der Waals surface area contributed by atoms with Crippen molar-refractivity contribution in [2.45, 2.75) is 26.9 Å². The molecule has 1 heterocycles. The first-order valence-electron chi connectivity index (χ1n) is 5.53. The lowest BCUT2D eigenvalue weighted by molar-refractivity contribution is 0.158. The van der Waals surface area contributed by atoms with E-state index in [0.29, 0.717) is 25.0 Å². The maximum Gasteiger partial charge on any atom is 0.226 e. The topological polar surface area (TPSA) is 56.3 Å². The van der Waals surface area contributed by atoms with Gasteiger partial charge in [-0.05, 0) is 20.8 Å². The lowest BCUT2D eigenvalue weighted by Gasteiger charge is -2.09. The summed E-state index contributed by atoms with van der Waals surface area (Å²) in [5.74, 6) is 1.15. The Kier molecular flexibility index (Phi) is 5.56. The fraction of sp³-hybridized carbons (Fsp3) is 0.636. The average molecular weight is 225 g/mol. The zero-order valence-electron chi connectivity index (χ0n) is 10.1. The van der Waals surface area contributed by atoms with Crippen LogP contribution < -0.4 is 10.1 Å². The Hall–Kier alpha value is -1.36. The van der Waals surface area contributed by atoms with Gasteiger partial charge in [0, 0.05) is 25.4 Å². The van der Waals surface area contributed by atoms with Gasteiger partial charge in [0.2, 0.25) is 11.8 Å². The van der Waals surface area contributed by atoms with Crippen molar-refractivity contribution in [1.82, 2.24) is 9.97 Å². The predicted molar refractivity (Wildman–Crippen MR) is 62.8 cm³/mol. The molecule has 0 saturated heterocycles. The van der Waals surface area contributed by atoms with Crippen molar-refractivity contribution in [3.63, 3.8) is 0 Å². The fourth-order valence-corrected chi connectivity index (χ4v) is 1.11. The van der Waals surface area contributed by atoms with Gasteiger partial charge in [-0.1, -0.05) is 0 Å². The maximum absolute atomic E-state index is 5.46. The molecule has 0 atom stereocenters. The van der Waals surface area contributed by atoms with Crippen LogP contribution in [0, 0.1) is 0 Å². The molecule has 0 aliphatic heterocycles. The van der Waals surface area contributed by atoms with Crippen molar-refractivity contribution in [3.8, 4) is 5.88 Å². The molecule has 0 aromatic carbocycles. The molecule has 0 bridgehead atoms. The number of rotatable bonds is 7. The second kappa shape index (κ2) is 7.00. The summed E-state index contributed by atoms with van der Waals surface area (Å²) in [7, 11) is 0. The number of hydrogen-bond acceptors (Lipinski definition) is 5. The van der Waals surface area contributed by atoms with E-state index in [1.807, 2.05) is 20.8 Å². The second-order valence-electron chi connectivity index (χ2n) is 3.51. The van der Waals surface area contributed by atoms with Gasteiger partial charge in [0.25, 0.3) is 0 Å². The van der Waals surface area contributed by atoms with Crippen LogP contribution >= 0.6 is 0 Å². The lowest BCUT2D eigenvalue weighted by Crippen LogP contribution is -2.12. The molecular weight excluding hydrogens is 206 g/mol. The average Bonchev–Trinajstić information content (AvgIpc) is 2.24. The molecule has 0 amide bonds. The Labute approximate surface area is 96.2 Å². The molecule has 16 heavy (non-hydrogen) atoms. The standard InChI is InChI=1S/C11H19N3O2/c1-4-15-8-7-13-11-12-6-5-10(14-11)16-9(2)3/h5-6,9H,4,7-8H2,1-3H3,(H,12,13,14). The molecule has 1 aromatic rings. The number of nitrogens with zero attached hydrogens (tertiary/aromatic N) is 2.